The third kappa shape index (κ3) is 1.04. The van der Waals surface area contributed by atoms with E-state index in [9.17, 15) is 4.79 Å². The van der Waals surface area contributed by atoms with E-state index < -0.39 is 5.60 Å². The van der Waals surface area contributed by atoms with Gasteiger partial charge in [0, 0.05) is 6.54 Å². The Morgan fingerprint density at radius 2 is 2.44 bits per heavy atom. The highest BCUT2D eigenvalue weighted by atomic mass is 16.6. The summed E-state index contributed by atoms with van der Waals surface area (Å²) in [5.74, 6) is 0. The fourth-order valence-electron chi connectivity index (χ4n) is 0.666. The number of carbonyl (C=O) groups is 1. The molecular formula is C5H9NO3. The van der Waals surface area contributed by atoms with Gasteiger partial charge in [0.1, 0.15) is 0 Å². The third-order valence-electron chi connectivity index (χ3n) is 1.40. The molecule has 1 aliphatic rings. The molecule has 4 nitrogen and oxygen atoms in total. The van der Waals surface area contributed by atoms with Crippen LogP contribution in [0.2, 0.25) is 0 Å². The molecule has 0 aromatic carbocycles. The predicted molar refractivity (Wildman–Crippen MR) is 29.8 cm³/mol. The molecule has 0 aromatic heterocycles. The van der Waals surface area contributed by atoms with Crippen molar-refractivity contribution in [1.29, 1.82) is 0 Å². The first-order chi connectivity index (χ1) is 4.33. The van der Waals surface area contributed by atoms with Gasteiger partial charge < -0.3 is 15.2 Å². The molecule has 1 aliphatic heterocycles. The van der Waals surface area contributed by atoms with Crippen molar-refractivity contribution in [3.63, 3.8) is 0 Å². The van der Waals surface area contributed by atoms with E-state index >= 15 is 0 Å². The molecule has 0 aliphatic carbocycles. The van der Waals surface area contributed by atoms with Crippen molar-refractivity contribution >= 4 is 6.47 Å². The first kappa shape index (κ1) is 6.51. The zero-order valence-corrected chi connectivity index (χ0v) is 5.00. The fourth-order valence-corrected chi connectivity index (χ4v) is 0.666. The molecule has 52 valence electrons. The van der Waals surface area contributed by atoms with Gasteiger partial charge >= 0.3 is 0 Å². The first-order valence-electron chi connectivity index (χ1n) is 2.72. The molecule has 0 unspecified atom stereocenters. The average molecular weight is 131 g/mol. The van der Waals surface area contributed by atoms with E-state index in [0.29, 0.717) is 26.2 Å². The Morgan fingerprint density at radius 3 is 2.56 bits per heavy atom. The van der Waals surface area contributed by atoms with Crippen molar-refractivity contribution < 1.29 is 14.3 Å². The Balaban J connectivity index is 2.36. The van der Waals surface area contributed by atoms with E-state index in [-0.39, 0.29) is 0 Å². The minimum Gasteiger partial charge on any atom is -0.455 e. The molecule has 0 radical (unpaired) electrons. The van der Waals surface area contributed by atoms with Gasteiger partial charge in [0.05, 0.1) is 13.2 Å². The summed E-state index contributed by atoms with van der Waals surface area (Å²) in [5, 5.41) is 0. The number of ether oxygens (including phenoxy) is 2. The van der Waals surface area contributed by atoms with Gasteiger partial charge in [-0.15, -0.1) is 0 Å². The third-order valence-corrected chi connectivity index (χ3v) is 1.40. The summed E-state index contributed by atoms with van der Waals surface area (Å²) >= 11 is 0. The maximum Gasteiger partial charge on any atom is 0.293 e. The van der Waals surface area contributed by atoms with Crippen LogP contribution >= 0.6 is 0 Å². The fraction of sp³-hybridized carbons (Fsp3) is 0.800. The van der Waals surface area contributed by atoms with Crippen LogP contribution in [-0.2, 0) is 14.3 Å². The molecule has 0 bridgehead atoms. The highest BCUT2D eigenvalue weighted by Crippen LogP contribution is 2.18. The van der Waals surface area contributed by atoms with Gasteiger partial charge in [0.15, 0.2) is 5.60 Å². The lowest BCUT2D eigenvalue weighted by Crippen LogP contribution is -2.56. The monoisotopic (exact) mass is 131 g/mol. The van der Waals surface area contributed by atoms with Gasteiger partial charge in [-0.1, -0.05) is 0 Å². The van der Waals surface area contributed by atoms with Crippen LogP contribution in [0, 0.1) is 0 Å². The largest absolute Gasteiger partial charge is 0.455 e. The molecule has 0 aromatic rings. The van der Waals surface area contributed by atoms with Crippen LogP contribution in [0.4, 0.5) is 0 Å². The smallest absolute Gasteiger partial charge is 0.293 e. The SMILES string of the molecule is NCC1(OC=O)COC1. The lowest BCUT2D eigenvalue weighted by molar-refractivity contribution is -0.197. The molecule has 1 rings (SSSR count). The van der Waals surface area contributed by atoms with Crippen LogP contribution in [0.15, 0.2) is 0 Å². The number of rotatable bonds is 3. The highest BCUT2D eigenvalue weighted by molar-refractivity contribution is 5.38. The lowest BCUT2D eigenvalue weighted by Gasteiger charge is -2.37. The van der Waals surface area contributed by atoms with Crippen molar-refractivity contribution in [2.24, 2.45) is 5.73 Å². The Bertz CT molecular complexity index is 105. The average Bonchev–Trinajstić information content (AvgIpc) is 1.79. The van der Waals surface area contributed by atoms with E-state index in [0.717, 1.165) is 0 Å². The van der Waals surface area contributed by atoms with Gasteiger partial charge in [-0.3, -0.25) is 4.79 Å². The van der Waals surface area contributed by atoms with E-state index in [1.807, 2.05) is 0 Å². The Hall–Kier alpha value is -0.610. The molecule has 0 atom stereocenters. The predicted octanol–water partition coefficient (Wildman–Crippen LogP) is -1.11. The van der Waals surface area contributed by atoms with Gasteiger partial charge in [0.2, 0.25) is 0 Å². The number of hydrogen-bond acceptors (Lipinski definition) is 4. The summed E-state index contributed by atoms with van der Waals surface area (Å²) in [6, 6.07) is 0. The zero-order valence-electron chi connectivity index (χ0n) is 5.00. The van der Waals surface area contributed by atoms with Crippen molar-refractivity contribution in [3.8, 4) is 0 Å². The van der Waals surface area contributed by atoms with Crippen molar-refractivity contribution in [1.82, 2.24) is 0 Å². The van der Waals surface area contributed by atoms with Gasteiger partial charge in [-0.25, -0.2) is 0 Å². The summed E-state index contributed by atoms with van der Waals surface area (Å²) in [6.07, 6.45) is 0. The summed E-state index contributed by atoms with van der Waals surface area (Å²) < 4.78 is 9.50. The topological polar surface area (TPSA) is 61.5 Å². The molecular weight excluding hydrogens is 122 g/mol. The maximum atomic E-state index is 9.84. The number of carbonyl (C=O) groups excluding carboxylic acids is 1. The molecule has 0 amide bonds. The minimum atomic E-state index is -0.498. The molecule has 0 saturated carbocycles. The normalized spacial score (nSPS) is 22.3. The quantitative estimate of drug-likeness (QED) is 0.493. The second-order valence-corrected chi connectivity index (χ2v) is 2.09. The molecule has 9 heavy (non-hydrogen) atoms. The van der Waals surface area contributed by atoms with Crippen molar-refractivity contribution in [2.45, 2.75) is 5.60 Å². The Kier molecular flexibility index (Phi) is 1.68. The van der Waals surface area contributed by atoms with E-state index in [1.165, 1.54) is 0 Å². The maximum absolute atomic E-state index is 9.84. The number of nitrogens with two attached hydrogens (primary N) is 1. The molecule has 4 heteroatoms. The highest BCUT2D eigenvalue weighted by Gasteiger charge is 2.39. The second-order valence-electron chi connectivity index (χ2n) is 2.09. The Morgan fingerprint density at radius 1 is 1.78 bits per heavy atom. The second kappa shape index (κ2) is 2.33. The standard InChI is InChI=1S/C5H9NO3/c6-1-5(9-4-7)2-8-3-5/h4H,1-3,6H2. The summed E-state index contributed by atoms with van der Waals surface area (Å²) in [4.78, 5) is 9.84. The van der Waals surface area contributed by atoms with Gasteiger partial charge in [-0.2, -0.15) is 0 Å². The Labute approximate surface area is 52.9 Å². The van der Waals surface area contributed by atoms with Crippen LogP contribution in [0.1, 0.15) is 0 Å². The van der Waals surface area contributed by atoms with E-state index in [4.69, 9.17) is 10.5 Å². The summed E-state index contributed by atoms with van der Waals surface area (Å²) in [7, 11) is 0. The summed E-state index contributed by atoms with van der Waals surface area (Å²) in [5.41, 5.74) is 4.79. The van der Waals surface area contributed by atoms with Crippen LogP contribution in [0.3, 0.4) is 0 Å². The number of hydrogen-bond donors (Lipinski definition) is 1. The lowest BCUT2D eigenvalue weighted by atomic mass is 10.0. The minimum absolute atomic E-state index is 0.339. The van der Waals surface area contributed by atoms with Crippen molar-refractivity contribution in [2.75, 3.05) is 19.8 Å². The molecule has 1 saturated heterocycles. The van der Waals surface area contributed by atoms with Crippen molar-refractivity contribution in [3.05, 3.63) is 0 Å². The van der Waals surface area contributed by atoms with Crippen LogP contribution in [0.25, 0.3) is 0 Å². The van der Waals surface area contributed by atoms with Crippen LogP contribution in [-0.4, -0.2) is 31.8 Å². The zero-order chi connectivity index (χ0) is 6.74. The van der Waals surface area contributed by atoms with Gasteiger partial charge in [-0.05, 0) is 0 Å². The molecule has 1 heterocycles. The molecule has 2 N–H and O–H groups in total. The molecule has 1 fully saturated rings. The van der Waals surface area contributed by atoms with Crippen LogP contribution < -0.4 is 5.73 Å². The van der Waals surface area contributed by atoms with Crippen LogP contribution in [0.5, 0.6) is 0 Å². The summed E-state index contributed by atoms with van der Waals surface area (Å²) in [6.45, 7) is 1.62. The van der Waals surface area contributed by atoms with Gasteiger partial charge in [0.25, 0.3) is 6.47 Å². The van der Waals surface area contributed by atoms with E-state index in [2.05, 4.69) is 4.74 Å². The molecule has 0 spiro atoms. The first-order valence-corrected chi connectivity index (χ1v) is 2.72. The van der Waals surface area contributed by atoms with E-state index in [1.54, 1.807) is 0 Å².